The summed E-state index contributed by atoms with van der Waals surface area (Å²) >= 11 is 0. The van der Waals surface area contributed by atoms with Gasteiger partial charge in [-0.15, -0.1) is 0 Å². The van der Waals surface area contributed by atoms with Crippen LogP contribution in [0.15, 0.2) is 18.2 Å². The van der Waals surface area contributed by atoms with E-state index in [1.165, 1.54) is 24.1 Å². The second kappa shape index (κ2) is 8.97. The lowest BCUT2D eigenvalue weighted by molar-refractivity contribution is -0.125. The van der Waals surface area contributed by atoms with E-state index in [1.54, 1.807) is 0 Å². The predicted molar refractivity (Wildman–Crippen MR) is 89.7 cm³/mol. The van der Waals surface area contributed by atoms with Crippen LogP contribution >= 0.6 is 0 Å². The van der Waals surface area contributed by atoms with Gasteiger partial charge in [0.1, 0.15) is 18.5 Å². The molecule has 7 nitrogen and oxygen atoms in total. The molecular weight excluding hydrogens is 353 g/mol. The number of carbonyl (C=O) groups excluding carboxylic acids is 2. The molecule has 1 aliphatic rings. The van der Waals surface area contributed by atoms with Gasteiger partial charge in [0.05, 0.1) is 18.8 Å². The van der Waals surface area contributed by atoms with Crippen LogP contribution in [0.4, 0.5) is 24.5 Å². The molecule has 1 atom stereocenters. The van der Waals surface area contributed by atoms with Gasteiger partial charge >= 0.3 is 0 Å². The summed E-state index contributed by atoms with van der Waals surface area (Å²) in [4.78, 5) is 26.4. The van der Waals surface area contributed by atoms with Crippen LogP contribution in [0.3, 0.4) is 0 Å². The number of hydrogen-bond acceptors (Lipinski definition) is 5. The second-order valence-corrected chi connectivity index (χ2v) is 5.84. The monoisotopic (exact) mass is 374 g/mol. The Morgan fingerprint density at radius 2 is 2.19 bits per heavy atom. The van der Waals surface area contributed by atoms with Gasteiger partial charge in [-0.25, -0.2) is 13.2 Å². The van der Waals surface area contributed by atoms with E-state index >= 15 is 0 Å². The molecule has 1 fully saturated rings. The van der Waals surface area contributed by atoms with Crippen molar-refractivity contribution in [2.75, 3.05) is 50.1 Å². The van der Waals surface area contributed by atoms with Crippen molar-refractivity contribution >= 4 is 23.2 Å². The highest BCUT2D eigenvalue weighted by molar-refractivity contribution is 5.97. The number of halogens is 3. The van der Waals surface area contributed by atoms with Gasteiger partial charge < -0.3 is 20.7 Å². The molecule has 0 bridgehead atoms. The van der Waals surface area contributed by atoms with Gasteiger partial charge in [0.25, 0.3) is 12.3 Å². The molecule has 10 heteroatoms. The molecule has 2 amide bonds. The number of rotatable bonds is 7. The van der Waals surface area contributed by atoms with Crippen LogP contribution in [0.5, 0.6) is 0 Å². The van der Waals surface area contributed by atoms with E-state index in [9.17, 15) is 22.8 Å². The van der Waals surface area contributed by atoms with Gasteiger partial charge in [-0.2, -0.15) is 0 Å². The molecule has 1 heterocycles. The van der Waals surface area contributed by atoms with Crippen molar-refractivity contribution in [3.8, 4) is 0 Å². The van der Waals surface area contributed by atoms with Crippen LogP contribution in [0.1, 0.15) is 0 Å². The maximum atomic E-state index is 14.4. The molecule has 144 valence electrons. The number of benzene rings is 1. The molecule has 0 saturated carbocycles. The second-order valence-electron chi connectivity index (χ2n) is 5.84. The molecule has 26 heavy (non-hydrogen) atoms. The minimum Gasteiger partial charge on any atom is -0.370 e. The van der Waals surface area contributed by atoms with Crippen molar-refractivity contribution in [3.63, 3.8) is 0 Å². The van der Waals surface area contributed by atoms with Gasteiger partial charge in [0, 0.05) is 18.8 Å². The van der Waals surface area contributed by atoms with E-state index in [1.807, 2.05) is 0 Å². The average Bonchev–Trinajstić information content (AvgIpc) is 2.56. The molecule has 1 aromatic rings. The van der Waals surface area contributed by atoms with Crippen LogP contribution in [-0.4, -0.2) is 69.1 Å². The van der Waals surface area contributed by atoms with E-state index in [-0.39, 0.29) is 37.0 Å². The zero-order chi connectivity index (χ0) is 19.3. The first-order valence-electron chi connectivity index (χ1n) is 8.00. The van der Waals surface area contributed by atoms with Crippen LogP contribution < -0.4 is 16.0 Å². The van der Waals surface area contributed by atoms with Gasteiger partial charge in [-0.05, 0) is 25.2 Å². The fourth-order valence-corrected chi connectivity index (χ4v) is 2.63. The van der Waals surface area contributed by atoms with Crippen LogP contribution in [0.25, 0.3) is 0 Å². The number of alkyl halides is 2. The standard InChI is InChI=1S/C16H21F3N4O3/c1-22(8-14(18)19)13(7-20)16(25)21-10-2-3-12(11(17)6-10)23-4-5-26-9-15(23)24/h2-3,6,13-14H,4-5,7-9,20H2,1H3,(H,21,25)/t13-/m1/s1. The van der Waals surface area contributed by atoms with E-state index in [2.05, 4.69) is 5.32 Å². The minimum absolute atomic E-state index is 0.0847. The number of carbonyl (C=O) groups is 2. The number of hydrogen-bond donors (Lipinski definition) is 2. The van der Waals surface area contributed by atoms with Crippen molar-refractivity contribution in [2.45, 2.75) is 12.5 Å². The molecule has 1 aromatic carbocycles. The Labute approximate surface area is 148 Å². The molecule has 0 aromatic heterocycles. The normalized spacial score (nSPS) is 16.3. The summed E-state index contributed by atoms with van der Waals surface area (Å²) in [6.07, 6.45) is -2.61. The Bertz CT molecular complexity index is 660. The molecule has 0 aliphatic carbocycles. The van der Waals surface area contributed by atoms with Gasteiger partial charge in [0.15, 0.2) is 0 Å². The zero-order valence-corrected chi connectivity index (χ0v) is 14.3. The summed E-state index contributed by atoms with van der Waals surface area (Å²) < 4.78 is 44.3. The van der Waals surface area contributed by atoms with E-state index in [4.69, 9.17) is 10.5 Å². The zero-order valence-electron chi connectivity index (χ0n) is 14.3. The molecule has 0 spiro atoms. The lowest BCUT2D eigenvalue weighted by Gasteiger charge is -2.27. The number of nitrogens with two attached hydrogens (primary N) is 1. The summed E-state index contributed by atoms with van der Waals surface area (Å²) in [5.41, 5.74) is 5.72. The maximum absolute atomic E-state index is 14.4. The number of nitrogens with zero attached hydrogens (tertiary/aromatic N) is 2. The highest BCUT2D eigenvalue weighted by Crippen LogP contribution is 2.24. The van der Waals surface area contributed by atoms with Crippen molar-refractivity contribution in [3.05, 3.63) is 24.0 Å². The first-order valence-corrected chi connectivity index (χ1v) is 8.00. The van der Waals surface area contributed by atoms with Crippen LogP contribution in [-0.2, 0) is 14.3 Å². The number of anilines is 2. The molecule has 0 unspecified atom stereocenters. The maximum Gasteiger partial charge on any atom is 0.253 e. The number of likely N-dealkylation sites (N-methyl/N-ethyl adjacent to an activating group) is 1. The molecule has 0 radical (unpaired) electrons. The van der Waals surface area contributed by atoms with Crippen LogP contribution in [0, 0.1) is 5.82 Å². The molecule has 2 rings (SSSR count). The third kappa shape index (κ3) is 4.93. The third-order valence-electron chi connectivity index (χ3n) is 3.98. The topological polar surface area (TPSA) is 87.9 Å². The number of morpholine rings is 1. The summed E-state index contributed by atoms with van der Waals surface area (Å²) in [7, 11) is 1.36. The minimum atomic E-state index is -2.61. The number of amides is 2. The third-order valence-corrected chi connectivity index (χ3v) is 3.98. The number of nitrogens with one attached hydrogen (secondary N) is 1. The highest BCUT2D eigenvalue weighted by Gasteiger charge is 2.25. The van der Waals surface area contributed by atoms with E-state index < -0.39 is 30.7 Å². The fraction of sp³-hybridized carbons (Fsp3) is 0.500. The van der Waals surface area contributed by atoms with Crippen molar-refractivity contribution < 1.29 is 27.5 Å². The lowest BCUT2D eigenvalue weighted by Crippen LogP contribution is -2.48. The van der Waals surface area contributed by atoms with Crippen molar-refractivity contribution in [1.82, 2.24) is 4.90 Å². The largest absolute Gasteiger partial charge is 0.370 e. The van der Waals surface area contributed by atoms with Crippen LogP contribution in [0.2, 0.25) is 0 Å². The SMILES string of the molecule is CN(CC(F)F)[C@H](CN)C(=O)Nc1ccc(N2CCOCC2=O)c(F)c1. The summed E-state index contributed by atoms with van der Waals surface area (Å²) in [5.74, 6) is -1.67. The van der Waals surface area contributed by atoms with E-state index in [0.717, 1.165) is 11.0 Å². The summed E-state index contributed by atoms with van der Waals surface area (Å²) in [6, 6.07) is 2.89. The average molecular weight is 374 g/mol. The Morgan fingerprint density at radius 1 is 1.46 bits per heavy atom. The van der Waals surface area contributed by atoms with Gasteiger partial charge in [0.2, 0.25) is 5.91 Å². The van der Waals surface area contributed by atoms with Crippen molar-refractivity contribution in [2.24, 2.45) is 5.73 Å². The van der Waals surface area contributed by atoms with E-state index in [0.29, 0.717) is 6.61 Å². The van der Waals surface area contributed by atoms with Gasteiger partial charge in [-0.3, -0.25) is 14.5 Å². The Balaban J connectivity index is 2.08. The molecule has 3 N–H and O–H groups in total. The fourth-order valence-electron chi connectivity index (χ4n) is 2.63. The molecular formula is C16H21F3N4O3. The molecule has 1 aliphatic heterocycles. The first-order chi connectivity index (χ1) is 12.3. The Kier molecular flexibility index (Phi) is 6.95. The lowest BCUT2D eigenvalue weighted by atomic mass is 10.2. The Morgan fingerprint density at radius 3 is 2.77 bits per heavy atom. The summed E-state index contributed by atoms with van der Waals surface area (Å²) in [6.45, 7) is -0.361. The number of ether oxygens (including phenoxy) is 1. The molecule has 1 saturated heterocycles. The first kappa shape index (κ1) is 20.1. The van der Waals surface area contributed by atoms with Crippen molar-refractivity contribution in [1.29, 1.82) is 0 Å². The van der Waals surface area contributed by atoms with Gasteiger partial charge in [-0.1, -0.05) is 0 Å². The Hall–Kier alpha value is -2.17. The summed E-state index contributed by atoms with van der Waals surface area (Å²) in [5, 5.41) is 2.46. The predicted octanol–water partition coefficient (Wildman–Crippen LogP) is 0.652. The quantitative estimate of drug-likeness (QED) is 0.732. The highest BCUT2D eigenvalue weighted by atomic mass is 19.3. The smallest absolute Gasteiger partial charge is 0.253 e.